The number of rotatable bonds is 2. The molecule has 0 radical (unpaired) electrons. The van der Waals surface area contributed by atoms with Gasteiger partial charge in [-0.1, -0.05) is 0 Å². The third-order valence-electron chi connectivity index (χ3n) is 3.66. The molecule has 0 fully saturated rings. The highest BCUT2D eigenvalue weighted by atomic mass is 16.7. The van der Waals surface area contributed by atoms with Crippen molar-refractivity contribution < 1.29 is 23.4 Å². The van der Waals surface area contributed by atoms with Gasteiger partial charge in [0.15, 0.2) is 11.5 Å². The van der Waals surface area contributed by atoms with Gasteiger partial charge in [-0.3, -0.25) is 4.79 Å². The number of hydrogen-bond donors (Lipinski definition) is 0. The molecule has 4 rings (SSSR count). The topological polar surface area (TPSA) is 67.1 Å². The highest BCUT2D eigenvalue weighted by Crippen LogP contribution is 2.37. The molecule has 0 spiro atoms. The van der Waals surface area contributed by atoms with Crippen molar-refractivity contribution in [3.8, 4) is 23.0 Å². The van der Waals surface area contributed by atoms with E-state index in [4.69, 9.17) is 23.4 Å². The summed E-state index contributed by atoms with van der Waals surface area (Å²) < 4.78 is 27.0. The summed E-state index contributed by atoms with van der Waals surface area (Å²) in [6.45, 7) is 0.135. The van der Waals surface area contributed by atoms with E-state index in [0.717, 1.165) is 0 Å². The van der Waals surface area contributed by atoms with E-state index in [2.05, 4.69) is 0 Å². The molecule has 112 valence electrons. The summed E-state index contributed by atoms with van der Waals surface area (Å²) in [5.41, 5.74) is 0.638. The fraction of sp³-hybridized carbons (Fsp3) is 0.188. The number of fused-ring (bicyclic) bond motifs is 3. The first-order valence-corrected chi connectivity index (χ1v) is 6.63. The molecule has 22 heavy (non-hydrogen) atoms. The molecule has 0 amide bonds. The molecule has 6 nitrogen and oxygen atoms in total. The summed E-state index contributed by atoms with van der Waals surface area (Å²) in [7, 11) is 3.04. The van der Waals surface area contributed by atoms with Crippen LogP contribution in [0.1, 0.15) is 0 Å². The van der Waals surface area contributed by atoms with Crippen LogP contribution >= 0.6 is 0 Å². The molecule has 0 saturated carbocycles. The lowest BCUT2D eigenvalue weighted by Gasteiger charge is -2.09. The molecule has 0 saturated heterocycles. The highest BCUT2D eigenvalue weighted by molar-refractivity contribution is 5.95. The van der Waals surface area contributed by atoms with Gasteiger partial charge in [-0.15, -0.1) is 0 Å². The minimum atomic E-state index is -0.186. The van der Waals surface area contributed by atoms with Crippen LogP contribution in [0.2, 0.25) is 0 Å². The molecule has 0 aliphatic carbocycles. The quantitative estimate of drug-likeness (QED) is 0.678. The second-order valence-corrected chi connectivity index (χ2v) is 4.84. The Bertz CT molecular complexity index is 956. The molecule has 2 heterocycles. The van der Waals surface area contributed by atoms with Gasteiger partial charge in [0, 0.05) is 18.2 Å². The van der Waals surface area contributed by atoms with E-state index in [1.165, 1.54) is 14.2 Å². The van der Waals surface area contributed by atoms with E-state index in [-0.39, 0.29) is 12.2 Å². The van der Waals surface area contributed by atoms with Crippen LogP contribution in [0.3, 0.4) is 0 Å². The van der Waals surface area contributed by atoms with Gasteiger partial charge in [0.25, 0.3) is 0 Å². The average molecular weight is 300 g/mol. The maximum absolute atomic E-state index is 12.8. The van der Waals surface area contributed by atoms with E-state index in [1.807, 2.05) is 0 Å². The second-order valence-electron chi connectivity index (χ2n) is 4.84. The Labute approximate surface area is 124 Å². The predicted molar refractivity (Wildman–Crippen MR) is 79.2 cm³/mol. The summed E-state index contributed by atoms with van der Waals surface area (Å²) >= 11 is 0. The zero-order valence-electron chi connectivity index (χ0n) is 12.0. The van der Waals surface area contributed by atoms with Crippen molar-refractivity contribution in [3.63, 3.8) is 0 Å². The Balaban J connectivity index is 2.15. The summed E-state index contributed by atoms with van der Waals surface area (Å²) in [5, 5.41) is 0.787. The molecule has 2 aromatic carbocycles. The van der Waals surface area contributed by atoms with Crippen LogP contribution in [0, 0.1) is 0 Å². The summed E-state index contributed by atoms with van der Waals surface area (Å²) in [5.74, 6) is 2.05. The summed E-state index contributed by atoms with van der Waals surface area (Å²) in [4.78, 5) is 12.8. The fourth-order valence-electron chi connectivity index (χ4n) is 2.59. The molecule has 0 atom stereocenters. The Morgan fingerprint density at radius 3 is 2.45 bits per heavy atom. The van der Waals surface area contributed by atoms with Gasteiger partial charge < -0.3 is 23.4 Å². The monoisotopic (exact) mass is 300 g/mol. The second kappa shape index (κ2) is 4.56. The van der Waals surface area contributed by atoms with Crippen molar-refractivity contribution >= 4 is 21.9 Å². The fourth-order valence-corrected chi connectivity index (χ4v) is 2.59. The predicted octanol–water partition coefficient (Wildman–Crippen LogP) is 2.69. The molecule has 3 aromatic rings. The summed E-state index contributed by atoms with van der Waals surface area (Å²) in [6, 6.07) is 6.60. The molecule has 1 aliphatic heterocycles. The van der Waals surface area contributed by atoms with Crippen LogP contribution in [0.15, 0.2) is 33.5 Å². The Morgan fingerprint density at radius 1 is 0.955 bits per heavy atom. The van der Waals surface area contributed by atoms with Gasteiger partial charge >= 0.3 is 0 Å². The Hall–Kier alpha value is -2.89. The van der Waals surface area contributed by atoms with Crippen LogP contribution in [0.4, 0.5) is 0 Å². The molecule has 0 unspecified atom stereocenters. The maximum atomic E-state index is 12.8. The lowest BCUT2D eigenvalue weighted by molar-refractivity contribution is 0.174. The van der Waals surface area contributed by atoms with Crippen molar-refractivity contribution in [1.29, 1.82) is 0 Å². The summed E-state index contributed by atoms with van der Waals surface area (Å²) in [6.07, 6.45) is 0. The van der Waals surface area contributed by atoms with Crippen molar-refractivity contribution in [2.45, 2.75) is 0 Å². The standard InChI is InChI=1S/C16H12O6/c1-18-8-3-13(19-2)15-14(4-8)22-10-6-12-11(20-7-21-12)5-9(10)16(15)17/h3-6H,7H2,1-2H3. The van der Waals surface area contributed by atoms with Crippen molar-refractivity contribution in [2.24, 2.45) is 0 Å². The first-order chi connectivity index (χ1) is 10.7. The van der Waals surface area contributed by atoms with Crippen molar-refractivity contribution in [1.82, 2.24) is 0 Å². The van der Waals surface area contributed by atoms with Crippen LogP contribution < -0.4 is 24.4 Å². The van der Waals surface area contributed by atoms with Gasteiger partial charge in [0.05, 0.1) is 19.6 Å². The number of hydrogen-bond acceptors (Lipinski definition) is 6. The lowest BCUT2D eigenvalue weighted by Crippen LogP contribution is -2.04. The molecule has 0 bridgehead atoms. The minimum Gasteiger partial charge on any atom is -0.496 e. The molecule has 6 heteroatoms. The van der Waals surface area contributed by atoms with Gasteiger partial charge in [0.1, 0.15) is 28.1 Å². The third kappa shape index (κ3) is 1.70. The van der Waals surface area contributed by atoms with Crippen LogP contribution in [-0.2, 0) is 0 Å². The molecular weight excluding hydrogens is 288 g/mol. The number of methoxy groups -OCH3 is 2. The van der Waals surface area contributed by atoms with E-state index < -0.39 is 0 Å². The van der Waals surface area contributed by atoms with Crippen LogP contribution in [-0.4, -0.2) is 21.0 Å². The SMILES string of the molecule is COc1cc(OC)c2c(=O)c3cc4c(cc3oc2c1)OCO4. The molecule has 1 aliphatic rings. The third-order valence-corrected chi connectivity index (χ3v) is 3.66. The first-order valence-electron chi connectivity index (χ1n) is 6.63. The van der Waals surface area contributed by atoms with Gasteiger partial charge in [-0.05, 0) is 6.07 Å². The normalized spacial score (nSPS) is 12.8. The van der Waals surface area contributed by atoms with Gasteiger partial charge in [0.2, 0.25) is 12.2 Å². The van der Waals surface area contributed by atoms with Crippen LogP contribution in [0.5, 0.6) is 23.0 Å². The largest absolute Gasteiger partial charge is 0.496 e. The smallest absolute Gasteiger partial charge is 0.231 e. The van der Waals surface area contributed by atoms with Gasteiger partial charge in [-0.2, -0.15) is 0 Å². The van der Waals surface area contributed by atoms with E-state index in [9.17, 15) is 4.79 Å². The van der Waals surface area contributed by atoms with Gasteiger partial charge in [-0.25, -0.2) is 0 Å². The van der Waals surface area contributed by atoms with Crippen molar-refractivity contribution in [3.05, 3.63) is 34.5 Å². The van der Waals surface area contributed by atoms with Crippen LogP contribution in [0.25, 0.3) is 21.9 Å². The molecule has 1 aromatic heterocycles. The maximum Gasteiger partial charge on any atom is 0.231 e. The first kappa shape index (κ1) is 12.8. The molecular formula is C16H12O6. The minimum absolute atomic E-state index is 0.135. The van der Waals surface area contributed by atoms with E-state index in [0.29, 0.717) is 44.9 Å². The van der Waals surface area contributed by atoms with E-state index >= 15 is 0 Å². The zero-order valence-corrected chi connectivity index (χ0v) is 12.0. The highest BCUT2D eigenvalue weighted by Gasteiger charge is 2.20. The molecule has 0 N–H and O–H groups in total. The average Bonchev–Trinajstić information content (AvgIpc) is 2.99. The zero-order chi connectivity index (χ0) is 15.3. The lowest BCUT2D eigenvalue weighted by atomic mass is 10.1. The van der Waals surface area contributed by atoms with E-state index in [1.54, 1.807) is 24.3 Å². The number of benzene rings is 2. The van der Waals surface area contributed by atoms with Crippen molar-refractivity contribution in [2.75, 3.05) is 21.0 Å². The Kier molecular flexibility index (Phi) is 2.66. The Morgan fingerprint density at radius 2 is 1.73 bits per heavy atom. The number of ether oxygens (including phenoxy) is 4.